The zero-order valence-electron chi connectivity index (χ0n) is 13.6. The molecule has 0 bridgehead atoms. The normalized spacial score (nSPS) is 11.8. The monoisotopic (exact) mass is 329 g/mol. The van der Waals surface area contributed by atoms with E-state index >= 15 is 0 Å². The largest absolute Gasteiger partial charge is 0.279 e. The van der Waals surface area contributed by atoms with E-state index in [9.17, 15) is 8.42 Å². The van der Waals surface area contributed by atoms with Gasteiger partial charge in [-0.3, -0.25) is 4.72 Å². The average molecular weight is 329 g/mol. The molecule has 1 aromatic carbocycles. The minimum absolute atomic E-state index is 0.364. The summed E-state index contributed by atoms with van der Waals surface area (Å²) >= 11 is 0. The van der Waals surface area contributed by atoms with Crippen LogP contribution in [0.5, 0.6) is 0 Å². The molecule has 5 nitrogen and oxygen atoms in total. The molecule has 3 rings (SSSR count). The number of nitrogens with zero attached hydrogens (tertiary/aromatic N) is 2. The Hall–Kier alpha value is -2.34. The first-order valence-corrected chi connectivity index (χ1v) is 8.81. The number of hydrogen-bond acceptors (Lipinski definition) is 3. The van der Waals surface area contributed by atoms with Gasteiger partial charge in [-0.25, -0.2) is 12.9 Å². The lowest BCUT2D eigenvalue weighted by Crippen LogP contribution is -2.17. The smallest absolute Gasteiger partial charge is 0.262 e. The molecule has 0 aliphatic rings. The molecule has 0 radical (unpaired) electrons. The van der Waals surface area contributed by atoms with Gasteiger partial charge in [0.25, 0.3) is 10.0 Å². The highest BCUT2D eigenvalue weighted by atomic mass is 32.2. The molecule has 0 aliphatic carbocycles. The Morgan fingerprint density at radius 3 is 2.30 bits per heavy atom. The van der Waals surface area contributed by atoms with Crippen LogP contribution in [-0.4, -0.2) is 18.0 Å². The van der Waals surface area contributed by atoms with Crippen molar-refractivity contribution in [2.45, 2.75) is 32.6 Å². The highest BCUT2D eigenvalue weighted by Crippen LogP contribution is 2.28. The zero-order valence-corrected chi connectivity index (χ0v) is 14.4. The van der Waals surface area contributed by atoms with E-state index in [0.29, 0.717) is 10.6 Å². The molecule has 6 heteroatoms. The summed E-state index contributed by atoms with van der Waals surface area (Å²) in [7, 11) is -3.65. The van der Waals surface area contributed by atoms with E-state index < -0.39 is 10.0 Å². The molecule has 0 aliphatic heterocycles. The summed E-state index contributed by atoms with van der Waals surface area (Å²) in [5, 5.41) is 4.11. The summed E-state index contributed by atoms with van der Waals surface area (Å²) in [6.45, 7) is 7.55. The minimum Gasteiger partial charge on any atom is -0.279 e. The van der Waals surface area contributed by atoms with Crippen molar-refractivity contribution in [1.82, 2.24) is 9.61 Å². The first-order chi connectivity index (χ1) is 10.8. The average Bonchev–Trinajstić information content (AvgIpc) is 2.92. The van der Waals surface area contributed by atoms with Crippen molar-refractivity contribution >= 4 is 21.2 Å². The summed E-state index contributed by atoms with van der Waals surface area (Å²) in [4.78, 5) is 0.364. The van der Waals surface area contributed by atoms with Crippen LogP contribution >= 0.6 is 0 Å². The van der Waals surface area contributed by atoms with E-state index in [1.165, 1.54) is 0 Å². The summed E-state index contributed by atoms with van der Waals surface area (Å²) < 4.78 is 30.1. The third-order valence-corrected chi connectivity index (χ3v) is 5.87. The van der Waals surface area contributed by atoms with E-state index in [0.717, 1.165) is 27.8 Å². The van der Waals surface area contributed by atoms with Crippen molar-refractivity contribution in [3.05, 3.63) is 58.9 Å². The van der Waals surface area contributed by atoms with E-state index in [2.05, 4.69) is 9.82 Å². The van der Waals surface area contributed by atoms with Crippen molar-refractivity contribution in [2.24, 2.45) is 0 Å². The van der Waals surface area contributed by atoms with Crippen LogP contribution in [0.2, 0.25) is 0 Å². The Morgan fingerprint density at radius 1 is 1.00 bits per heavy atom. The fraction of sp³-hybridized carbons (Fsp3) is 0.235. The second-order valence-corrected chi connectivity index (χ2v) is 7.43. The maximum absolute atomic E-state index is 12.9. The lowest BCUT2D eigenvalue weighted by Gasteiger charge is -2.16. The maximum Gasteiger partial charge on any atom is 0.262 e. The number of aryl methyl sites for hydroxylation is 2. The van der Waals surface area contributed by atoms with Crippen LogP contribution in [0.4, 0.5) is 5.69 Å². The first kappa shape index (κ1) is 15.6. The van der Waals surface area contributed by atoms with Gasteiger partial charge in [-0.05, 0) is 68.1 Å². The Balaban J connectivity index is 2.08. The van der Waals surface area contributed by atoms with Crippen LogP contribution < -0.4 is 4.72 Å². The number of sulfonamides is 1. The summed E-state index contributed by atoms with van der Waals surface area (Å²) in [5.74, 6) is 0. The van der Waals surface area contributed by atoms with Gasteiger partial charge < -0.3 is 0 Å². The van der Waals surface area contributed by atoms with Gasteiger partial charge in [0, 0.05) is 12.4 Å². The fourth-order valence-corrected chi connectivity index (χ4v) is 4.44. The number of fused-ring (bicyclic) bond motifs is 1. The quantitative estimate of drug-likeness (QED) is 0.801. The van der Waals surface area contributed by atoms with E-state index in [1.807, 2.05) is 39.8 Å². The summed E-state index contributed by atoms with van der Waals surface area (Å²) in [5.41, 5.74) is 4.87. The van der Waals surface area contributed by atoms with Crippen molar-refractivity contribution in [3.8, 4) is 0 Å². The predicted molar refractivity (Wildman–Crippen MR) is 91.4 cm³/mol. The maximum atomic E-state index is 12.9. The van der Waals surface area contributed by atoms with Gasteiger partial charge in [0.1, 0.15) is 0 Å². The Labute approximate surface area is 136 Å². The molecule has 2 heterocycles. The van der Waals surface area contributed by atoms with Crippen molar-refractivity contribution in [1.29, 1.82) is 0 Å². The molecule has 0 saturated heterocycles. The lowest BCUT2D eigenvalue weighted by molar-refractivity contribution is 0.599. The molecule has 0 unspecified atom stereocenters. The van der Waals surface area contributed by atoms with Crippen LogP contribution in [0.3, 0.4) is 0 Å². The number of nitrogens with one attached hydrogen (secondary N) is 1. The Morgan fingerprint density at radius 2 is 1.65 bits per heavy atom. The molecule has 0 spiro atoms. The van der Waals surface area contributed by atoms with Gasteiger partial charge in [0.2, 0.25) is 0 Å². The van der Waals surface area contributed by atoms with E-state index in [4.69, 9.17) is 0 Å². The van der Waals surface area contributed by atoms with Gasteiger partial charge in [0.05, 0.1) is 16.1 Å². The molecule has 1 N–H and O–H groups in total. The number of benzene rings is 1. The van der Waals surface area contributed by atoms with Crippen LogP contribution in [0.1, 0.15) is 22.3 Å². The van der Waals surface area contributed by atoms with Gasteiger partial charge in [-0.15, -0.1) is 0 Å². The Kier molecular flexibility index (Phi) is 3.64. The highest BCUT2D eigenvalue weighted by Gasteiger charge is 2.22. The molecule has 0 saturated carbocycles. The first-order valence-electron chi connectivity index (χ1n) is 7.33. The molecule has 3 aromatic rings. The molecule has 0 fully saturated rings. The van der Waals surface area contributed by atoms with Gasteiger partial charge in [-0.1, -0.05) is 6.07 Å². The number of hydrogen-bond donors (Lipinski definition) is 1. The van der Waals surface area contributed by atoms with Gasteiger partial charge in [-0.2, -0.15) is 5.10 Å². The third kappa shape index (κ3) is 2.70. The van der Waals surface area contributed by atoms with Crippen molar-refractivity contribution in [3.63, 3.8) is 0 Å². The van der Waals surface area contributed by atoms with Crippen LogP contribution in [0.25, 0.3) is 5.52 Å². The third-order valence-electron chi connectivity index (χ3n) is 4.22. The molecule has 0 atom stereocenters. The van der Waals surface area contributed by atoms with Gasteiger partial charge >= 0.3 is 0 Å². The lowest BCUT2D eigenvalue weighted by atomic mass is 10.0. The molecular weight excluding hydrogens is 310 g/mol. The Bertz CT molecular complexity index is 978. The highest BCUT2D eigenvalue weighted by molar-refractivity contribution is 7.92. The fourth-order valence-electron chi connectivity index (χ4n) is 2.78. The van der Waals surface area contributed by atoms with Crippen LogP contribution in [-0.2, 0) is 10.0 Å². The molecule has 23 heavy (non-hydrogen) atoms. The minimum atomic E-state index is -3.65. The van der Waals surface area contributed by atoms with Crippen LogP contribution in [0.15, 0.2) is 41.6 Å². The van der Waals surface area contributed by atoms with Crippen molar-refractivity contribution < 1.29 is 8.42 Å². The number of rotatable bonds is 3. The number of aromatic nitrogens is 2. The topological polar surface area (TPSA) is 63.5 Å². The standard InChI is InChI=1S/C17H19N3O2S/c1-11-9-12(2)14(4)17(13(11)3)23(21,22)19-15-6-8-20-16(10-15)5-7-18-20/h5-10,19H,1-4H3. The molecular formula is C17H19N3O2S. The number of anilines is 1. The molecule has 0 amide bonds. The molecule has 2 aromatic heterocycles. The van der Waals surface area contributed by atoms with E-state index in [1.54, 1.807) is 29.0 Å². The second kappa shape index (κ2) is 5.38. The predicted octanol–water partition coefficient (Wildman–Crippen LogP) is 3.37. The van der Waals surface area contributed by atoms with Gasteiger partial charge in [0.15, 0.2) is 0 Å². The van der Waals surface area contributed by atoms with Crippen molar-refractivity contribution in [2.75, 3.05) is 4.72 Å². The number of pyridine rings is 1. The summed E-state index contributed by atoms with van der Waals surface area (Å²) in [6.07, 6.45) is 3.40. The van der Waals surface area contributed by atoms with E-state index in [-0.39, 0.29) is 0 Å². The second-order valence-electron chi connectivity index (χ2n) is 5.81. The zero-order chi connectivity index (χ0) is 16.8. The molecule has 120 valence electrons. The summed E-state index contributed by atoms with van der Waals surface area (Å²) in [6, 6.07) is 7.30. The van der Waals surface area contributed by atoms with Crippen LogP contribution in [0, 0.1) is 27.7 Å². The SMILES string of the molecule is Cc1cc(C)c(C)c(S(=O)(=O)Nc2ccn3nccc3c2)c1C.